The quantitative estimate of drug-likeness (QED) is 0.668. The lowest BCUT2D eigenvalue weighted by atomic mass is 9.94. The average Bonchev–Trinajstić information content (AvgIpc) is 2.44. The zero-order valence-electron chi connectivity index (χ0n) is 12.6. The molecule has 0 heterocycles. The third-order valence-corrected chi connectivity index (χ3v) is 4.37. The Kier molecular flexibility index (Phi) is 4.37. The van der Waals surface area contributed by atoms with Gasteiger partial charge in [0, 0.05) is 15.7 Å². The van der Waals surface area contributed by atoms with Gasteiger partial charge < -0.3 is 10.5 Å². The molecule has 0 radical (unpaired) electrons. The number of ether oxygens (including phenoxy) is 1. The zero-order valence-corrected chi connectivity index (χ0v) is 14.2. The molecule has 2 aromatic carbocycles. The number of nitrogen functional groups attached to an aromatic ring is 1. The summed E-state index contributed by atoms with van der Waals surface area (Å²) in [6.07, 6.45) is 0. The van der Waals surface area contributed by atoms with Crippen molar-refractivity contribution in [1.82, 2.24) is 0 Å². The normalized spacial score (nSPS) is 10.5. The summed E-state index contributed by atoms with van der Waals surface area (Å²) in [5.74, 6) is 0.483. The van der Waals surface area contributed by atoms with Crippen LogP contribution in [0.2, 0.25) is 0 Å². The van der Waals surface area contributed by atoms with Gasteiger partial charge in [-0.05, 0) is 50.1 Å². The van der Waals surface area contributed by atoms with E-state index in [-0.39, 0.29) is 5.78 Å². The number of rotatable bonds is 3. The molecule has 0 aliphatic carbocycles. The Morgan fingerprint density at radius 3 is 2.48 bits per heavy atom. The fourth-order valence-corrected chi connectivity index (χ4v) is 2.93. The molecule has 3 nitrogen and oxygen atoms in total. The van der Waals surface area contributed by atoms with Crippen LogP contribution in [-0.2, 0) is 0 Å². The summed E-state index contributed by atoms with van der Waals surface area (Å²) in [7, 11) is 1.58. The van der Waals surface area contributed by atoms with E-state index in [9.17, 15) is 4.79 Å². The summed E-state index contributed by atoms with van der Waals surface area (Å²) in [5.41, 5.74) is 10.3. The maximum atomic E-state index is 12.9. The van der Waals surface area contributed by atoms with E-state index >= 15 is 0 Å². The summed E-state index contributed by atoms with van der Waals surface area (Å²) in [5, 5.41) is 0. The molecule has 0 unspecified atom stereocenters. The predicted octanol–water partition coefficient (Wildman–Crippen LogP) is 4.20. The van der Waals surface area contributed by atoms with Gasteiger partial charge in [-0.25, -0.2) is 0 Å². The van der Waals surface area contributed by atoms with Crippen LogP contribution in [0.3, 0.4) is 0 Å². The van der Waals surface area contributed by atoms with E-state index < -0.39 is 0 Å². The third kappa shape index (κ3) is 2.81. The first kappa shape index (κ1) is 15.6. The number of aryl methyl sites for hydroxylation is 2. The van der Waals surface area contributed by atoms with E-state index in [0.717, 1.165) is 21.2 Å². The van der Waals surface area contributed by atoms with E-state index in [1.165, 1.54) is 0 Å². The van der Waals surface area contributed by atoms with Crippen molar-refractivity contribution >= 4 is 27.4 Å². The Hall–Kier alpha value is -1.81. The molecular formula is C17H18BrNO2. The second kappa shape index (κ2) is 5.90. The molecule has 0 fully saturated rings. The Balaban J connectivity index is 2.71. The van der Waals surface area contributed by atoms with Crippen molar-refractivity contribution in [2.45, 2.75) is 20.8 Å². The maximum Gasteiger partial charge on any atom is 0.199 e. The number of ketones is 1. The molecule has 110 valence electrons. The topological polar surface area (TPSA) is 52.3 Å². The molecule has 0 amide bonds. The van der Waals surface area contributed by atoms with Crippen LogP contribution in [0.15, 0.2) is 28.7 Å². The molecule has 2 aromatic rings. The first-order chi connectivity index (χ1) is 9.86. The van der Waals surface area contributed by atoms with E-state index in [1.54, 1.807) is 13.2 Å². The van der Waals surface area contributed by atoms with Crippen molar-refractivity contribution in [3.05, 3.63) is 56.6 Å². The van der Waals surface area contributed by atoms with Crippen molar-refractivity contribution in [3.63, 3.8) is 0 Å². The van der Waals surface area contributed by atoms with Crippen molar-refractivity contribution in [3.8, 4) is 5.75 Å². The highest BCUT2D eigenvalue weighted by Crippen LogP contribution is 2.34. The van der Waals surface area contributed by atoms with Gasteiger partial charge in [0.2, 0.25) is 0 Å². The van der Waals surface area contributed by atoms with Crippen LogP contribution in [-0.4, -0.2) is 12.9 Å². The van der Waals surface area contributed by atoms with Crippen LogP contribution in [0.1, 0.15) is 32.6 Å². The minimum Gasteiger partial charge on any atom is -0.496 e. The Morgan fingerprint density at radius 1 is 1.19 bits per heavy atom. The fraction of sp³-hybridized carbons (Fsp3) is 0.235. The molecule has 0 aromatic heterocycles. The van der Waals surface area contributed by atoms with Gasteiger partial charge in [0.25, 0.3) is 0 Å². The Bertz CT molecular complexity index is 723. The molecule has 4 heteroatoms. The maximum absolute atomic E-state index is 12.9. The number of hydrogen-bond acceptors (Lipinski definition) is 3. The molecule has 0 aliphatic rings. The van der Waals surface area contributed by atoms with Gasteiger partial charge in [0.1, 0.15) is 5.75 Å². The van der Waals surface area contributed by atoms with E-state index in [2.05, 4.69) is 15.9 Å². The summed E-state index contributed by atoms with van der Waals surface area (Å²) in [4.78, 5) is 12.9. The van der Waals surface area contributed by atoms with E-state index in [1.807, 2.05) is 39.0 Å². The van der Waals surface area contributed by atoms with Gasteiger partial charge in [0.15, 0.2) is 5.78 Å². The highest BCUT2D eigenvalue weighted by atomic mass is 79.9. The molecule has 2 N–H and O–H groups in total. The SMILES string of the molecule is COc1c(C)cc(Br)c(C)c1C(=O)c1cc(C)ccc1N. The summed E-state index contributed by atoms with van der Waals surface area (Å²) >= 11 is 3.50. The molecule has 0 saturated heterocycles. The van der Waals surface area contributed by atoms with Gasteiger partial charge in [-0.2, -0.15) is 0 Å². The number of nitrogens with two attached hydrogens (primary N) is 1. The zero-order chi connectivity index (χ0) is 15.7. The summed E-state index contributed by atoms with van der Waals surface area (Å²) in [6, 6.07) is 7.41. The number of anilines is 1. The summed E-state index contributed by atoms with van der Waals surface area (Å²) in [6.45, 7) is 5.75. The second-order valence-corrected chi connectivity index (χ2v) is 5.98. The summed E-state index contributed by atoms with van der Waals surface area (Å²) < 4.78 is 6.33. The van der Waals surface area contributed by atoms with Gasteiger partial charge in [-0.1, -0.05) is 27.6 Å². The minimum atomic E-state index is -0.116. The smallest absolute Gasteiger partial charge is 0.199 e. The van der Waals surface area contributed by atoms with E-state index in [0.29, 0.717) is 22.6 Å². The van der Waals surface area contributed by atoms with Crippen molar-refractivity contribution < 1.29 is 9.53 Å². The monoisotopic (exact) mass is 347 g/mol. The Morgan fingerprint density at radius 2 is 1.86 bits per heavy atom. The lowest BCUT2D eigenvalue weighted by molar-refractivity contribution is 0.103. The largest absolute Gasteiger partial charge is 0.496 e. The number of carbonyl (C=O) groups excluding carboxylic acids is 1. The van der Waals surface area contributed by atoms with Gasteiger partial charge in [0.05, 0.1) is 12.7 Å². The highest BCUT2D eigenvalue weighted by molar-refractivity contribution is 9.10. The van der Waals surface area contributed by atoms with Crippen molar-refractivity contribution in [1.29, 1.82) is 0 Å². The van der Waals surface area contributed by atoms with Crippen LogP contribution in [0, 0.1) is 20.8 Å². The first-order valence-corrected chi connectivity index (χ1v) is 7.40. The van der Waals surface area contributed by atoms with Crippen molar-refractivity contribution in [2.75, 3.05) is 12.8 Å². The lowest BCUT2D eigenvalue weighted by Crippen LogP contribution is -2.10. The molecule has 2 rings (SSSR count). The number of hydrogen-bond donors (Lipinski definition) is 1. The number of benzene rings is 2. The van der Waals surface area contributed by atoms with E-state index in [4.69, 9.17) is 10.5 Å². The lowest BCUT2D eigenvalue weighted by Gasteiger charge is -2.16. The van der Waals surface area contributed by atoms with Crippen LogP contribution >= 0.6 is 15.9 Å². The van der Waals surface area contributed by atoms with Gasteiger partial charge >= 0.3 is 0 Å². The first-order valence-electron chi connectivity index (χ1n) is 6.61. The van der Waals surface area contributed by atoms with Gasteiger partial charge in [-0.3, -0.25) is 4.79 Å². The van der Waals surface area contributed by atoms with Crippen molar-refractivity contribution in [2.24, 2.45) is 0 Å². The Labute approximate surface area is 133 Å². The van der Waals surface area contributed by atoms with Crippen LogP contribution < -0.4 is 10.5 Å². The molecule has 0 aliphatic heterocycles. The number of carbonyl (C=O) groups is 1. The van der Waals surface area contributed by atoms with Gasteiger partial charge in [-0.15, -0.1) is 0 Å². The number of halogens is 1. The van der Waals surface area contributed by atoms with Crippen LogP contribution in [0.5, 0.6) is 5.75 Å². The minimum absolute atomic E-state index is 0.116. The van der Waals surface area contributed by atoms with Crippen LogP contribution in [0.25, 0.3) is 0 Å². The average molecular weight is 348 g/mol. The second-order valence-electron chi connectivity index (χ2n) is 5.13. The molecule has 0 spiro atoms. The molecule has 21 heavy (non-hydrogen) atoms. The predicted molar refractivity (Wildman–Crippen MR) is 89.2 cm³/mol. The fourth-order valence-electron chi connectivity index (χ4n) is 2.39. The molecule has 0 saturated carbocycles. The number of methoxy groups -OCH3 is 1. The highest BCUT2D eigenvalue weighted by Gasteiger charge is 2.22. The van der Waals surface area contributed by atoms with Crippen LogP contribution in [0.4, 0.5) is 5.69 Å². The molecular weight excluding hydrogens is 330 g/mol. The molecule has 0 atom stereocenters. The molecule has 0 bridgehead atoms. The third-order valence-electron chi connectivity index (χ3n) is 3.55. The standard InChI is InChI=1S/C17H18BrNO2/c1-9-5-6-14(19)12(7-9)16(20)15-11(3)13(18)8-10(2)17(15)21-4/h5-8H,19H2,1-4H3.